The summed E-state index contributed by atoms with van der Waals surface area (Å²) < 4.78 is 23.7. The van der Waals surface area contributed by atoms with Gasteiger partial charge in [0.15, 0.2) is 0 Å². The molecule has 6 heteroatoms. The van der Waals surface area contributed by atoms with Crippen molar-refractivity contribution in [2.75, 3.05) is 0 Å². The first-order valence-corrected chi connectivity index (χ1v) is 6.56. The van der Waals surface area contributed by atoms with Gasteiger partial charge in [0.05, 0.1) is 5.02 Å². The first kappa shape index (κ1) is 13.6. The molecule has 0 aliphatic rings. The van der Waals surface area contributed by atoms with Crippen molar-refractivity contribution in [2.24, 2.45) is 0 Å². The van der Waals surface area contributed by atoms with E-state index in [1.165, 1.54) is 12.1 Å². The lowest BCUT2D eigenvalue weighted by molar-refractivity contribution is 0.222. The normalized spacial score (nSPS) is 10.6. The van der Waals surface area contributed by atoms with Gasteiger partial charge in [-0.1, -0.05) is 41.0 Å². The molecule has 0 saturated carbocycles. The van der Waals surface area contributed by atoms with Crippen molar-refractivity contribution in [1.29, 1.82) is 0 Å². The third-order valence-electron chi connectivity index (χ3n) is 2.79. The molecule has 21 heavy (non-hydrogen) atoms. The van der Waals surface area contributed by atoms with Crippen molar-refractivity contribution in [3.05, 3.63) is 64.9 Å². The summed E-state index contributed by atoms with van der Waals surface area (Å²) in [7, 11) is 0. The van der Waals surface area contributed by atoms with E-state index < -0.39 is 5.82 Å². The van der Waals surface area contributed by atoms with Crippen molar-refractivity contribution >= 4 is 11.6 Å². The number of rotatable bonds is 4. The van der Waals surface area contributed by atoms with Crippen LogP contribution in [0.4, 0.5) is 4.39 Å². The van der Waals surface area contributed by atoms with Gasteiger partial charge in [0.1, 0.15) is 12.4 Å². The molecule has 3 aromatic rings. The molecule has 0 aliphatic carbocycles. The number of ether oxygens (including phenoxy) is 1. The Morgan fingerprint density at radius 1 is 1.10 bits per heavy atom. The van der Waals surface area contributed by atoms with Gasteiger partial charge in [-0.15, -0.1) is 5.10 Å². The van der Waals surface area contributed by atoms with Crippen LogP contribution in [-0.4, -0.2) is 10.2 Å². The molecule has 1 aromatic heterocycles. The fourth-order valence-electron chi connectivity index (χ4n) is 1.74. The monoisotopic (exact) mass is 304 g/mol. The maximum absolute atomic E-state index is 12.9. The maximum atomic E-state index is 12.9. The molecular weight excluding hydrogens is 295 g/mol. The minimum absolute atomic E-state index is 0.0363. The van der Waals surface area contributed by atoms with Gasteiger partial charge in [-0.2, -0.15) is 0 Å². The predicted octanol–water partition coefficient (Wildman–Crippen LogP) is 4.11. The quantitative estimate of drug-likeness (QED) is 0.728. The number of nitrogens with zero attached hydrogens (tertiary/aromatic N) is 2. The number of aromatic nitrogens is 2. The van der Waals surface area contributed by atoms with Crippen molar-refractivity contribution in [1.82, 2.24) is 10.2 Å². The van der Waals surface area contributed by atoms with E-state index in [0.29, 0.717) is 11.5 Å². The van der Waals surface area contributed by atoms with Gasteiger partial charge < -0.3 is 9.15 Å². The lowest BCUT2D eigenvalue weighted by Gasteiger charge is -2.03. The van der Waals surface area contributed by atoms with Gasteiger partial charge in [0.25, 0.3) is 5.89 Å². The van der Waals surface area contributed by atoms with Crippen molar-refractivity contribution < 1.29 is 13.5 Å². The molecule has 0 spiro atoms. The van der Waals surface area contributed by atoms with Gasteiger partial charge >= 0.3 is 6.08 Å². The molecule has 3 rings (SSSR count). The van der Waals surface area contributed by atoms with Gasteiger partial charge in [-0.25, -0.2) is 4.39 Å². The maximum Gasteiger partial charge on any atom is 0.415 e. The smallest absolute Gasteiger partial charge is 0.415 e. The number of hydrogen-bond acceptors (Lipinski definition) is 4. The van der Waals surface area contributed by atoms with Crippen molar-refractivity contribution in [3.63, 3.8) is 0 Å². The zero-order chi connectivity index (χ0) is 14.7. The minimum atomic E-state index is -0.395. The van der Waals surface area contributed by atoms with Crippen LogP contribution in [-0.2, 0) is 6.61 Å². The Morgan fingerprint density at radius 2 is 1.90 bits per heavy atom. The van der Waals surface area contributed by atoms with Crippen LogP contribution >= 0.6 is 11.6 Å². The highest BCUT2D eigenvalue weighted by molar-refractivity contribution is 6.31. The molecule has 0 amide bonds. The van der Waals surface area contributed by atoms with Gasteiger partial charge in [0.2, 0.25) is 0 Å². The summed E-state index contributed by atoms with van der Waals surface area (Å²) in [6.07, 6.45) is 0.0363. The van der Waals surface area contributed by atoms with Gasteiger partial charge in [-0.3, -0.25) is 0 Å². The average Bonchev–Trinajstić information content (AvgIpc) is 2.96. The van der Waals surface area contributed by atoms with Crippen LogP contribution < -0.4 is 4.74 Å². The lowest BCUT2D eigenvalue weighted by Crippen LogP contribution is -1.96. The summed E-state index contributed by atoms with van der Waals surface area (Å²) in [5, 5.41) is 7.99. The molecule has 0 bridgehead atoms. The zero-order valence-corrected chi connectivity index (χ0v) is 11.5. The highest BCUT2D eigenvalue weighted by atomic mass is 35.5. The molecule has 0 atom stereocenters. The van der Waals surface area contributed by atoms with E-state index in [4.69, 9.17) is 20.8 Å². The Kier molecular flexibility index (Phi) is 3.83. The fraction of sp³-hybridized carbons (Fsp3) is 0.0667. The average molecular weight is 305 g/mol. The fourth-order valence-corrected chi connectivity index (χ4v) is 1.97. The Morgan fingerprint density at radius 3 is 2.67 bits per heavy atom. The van der Waals surface area contributed by atoms with Crippen LogP contribution in [0.15, 0.2) is 52.9 Å². The molecule has 0 saturated heterocycles. The number of hydrogen-bond donors (Lipinski definition) is 0. The topological polar surface area (TPSA) is 48.2 Å². The molecule has 0 fully saturated rings. The van der Waals surface area contributed by atoms with Crippen molar-refractivity contribution in [2.45, 2.75) is 6.61 Å². The van der Waals surface area contributed by atoms with E-state index >= 15 is 0 Å². The van der Waals surface area contributed by atoms with Crippen LogP contribution in [0.3, 0.4) is 0 Å². The summed E-state index contributed by atoms with van der Waals surface area (Å²) in [6.45, 7) is 0.121. The van der Waals surface area contributed by atoms with E-state index in [1.54, 1.807) is 6.07 Å². The Balaban J connectivity index is 1.70. The van der Waals surface area contributed by atoms with E-state index in [0.717, 1.165) is 5.56 Å². The van der Waals surface area contributed by atoms with Crippen LogP contribution in [0, 0.1) is 5.82 Å². The minimum Gasteiger partial charge on any atom is -0.444 e. The van der Waals surface area contributed by atoms with E-state index in [2.05, 4.69) is 10.2 Å². The molecular formula is C15H10ClFN2O2. The summed E-state index contributed by atoms with van der Waals surface area (Å²) >= 11 is 5.91. The largest absolute Gasteiger partial charge is 0.444 e. The van der Waals surface area contributed by atoms with Gasteiger partial charge in [-0.05, 0) is 24.3 Å². The van der Waals surface area contributed by atoms with Crippen LogP contribution in [0.25, 0.3) is 11.5 Å². The second-order valence-corrected chi connectivity index (χ2v) is 4.67. The molecule has 4 nitrogen and oxygen atoms in total. The van der Waals surface area contributed by atoms with E-state index in [9.17, 15) is 4.39 Å². The summed E-state index contributed by atoms with van der Waals surface area (Å²) in [6, 6.07) is 13.4. The summed E-state index contributed by atoms with van der Waals surface area (Å²) in [5.74, 6) is -0.0243. The molecule has 0 radical (unpaired) electrons. The zero-order valence-electron chi connectivity index (χ0n) is 10.8. The first-order chi connectivity index (χ1) is 10.2. The third kappa shape index (κ3) is 3.20. The summed E-state index contributed by atoms with van der Waals surface area (Å²) in [5.41, 5.74) is 1.44. The number of halogens is 2. The highest BCUT2D eigenvalue weighted by Gasteiger charge is 2.10. The first-order valence-electron chi connectivity index (χ1n) is 6.18. The highest BCUT2D eigenvalue weighted by Crippen LogP contribution is 2.22. The van der Waals surface area contributed by atoms with Crippen LogP contribution in [0.2, 0.25) is 5.02 Å². The molecule has 106 valence electrons. The van der Waals surface area contributed by atoms with Gasteiger partial charge in [0, 0.05) is 11.1 Å². The third-order valence-corrected chi connectivity index (χ3v) is 3.15. The Hall–Kier alpha value is -2.40. The lowest BCUT2D eigenvalue weighted by atomic mass is 10.2. The summed E-state index contributed by atoms with van der Waals surface area (Å²) in [4.78, 5) is 0. The molecule has 0 unspecified atom stereocenters. The molecule has 1 heterocycles. The second-order valence-electron chi connectivity index (χ2n) is 4.26. The Bertz CT molecular complexity index is 746. The van der Waals surface area contributed by atoms with E-state index in [-0.39, 0.29) is 17.7 Å². The van der Waals surface area contributed by atoms with Crippen molar-refractivity contribution in [3.8, 4) is 17.5 Å². The molecule has 0 aliphatic heterocycles. The standard InChI is InChI=1S/C15H10ClFN2O2/c16-13-8-12(17)7-6-11(13)9-20-15-19-18-14(21-15)10-4-2-1-3-5-10/h1-8H,9H2. The number of benzene rings is 2. The molecule has 2 aromatic carbocycles. The van der Waals surface area contributed by atoms with E-state index in [1.807, 2.05) is 30.3 Å². The van der Waals surface area contributed by atoms with Crippen LogP contribution in [0.1, 0.15) is 5.56 Å². The van der Waals surface area contributed by atoms with Crippen LogP contribution in [0.5, 0.6) is 6.08 Å². The second kappa shape index (κ2) is 5.93. The Labute approximate surface area is 125 Å². The molecule has 0 N–H and O–H groups in total. The predicted molar refractivity (Wildman–Crippen MR) is 75.5 cm³/mol. The SMILES string of the molecule is Fc1ccc(COc2nnc(-c3ccccc3)o2)c(Cl)c1.